The van der Waals surface area contributed by atoms with Gasteiger partial charge in [0.25, 0.3) is 0 Å². The second-order valence-corrected chi connectivity index (χ2v) is 8.14. The van der Waals surface area contributed by atoms with Crippen molar-refractivity contribution in [2.24, 2.45) is 0 Å². The molecule has 0 aliphatic rings. The first-order valence-electron chi connectivity index (χ1n) is 8.03. The molecule has 0 amide bonds. The number of unbranched alkanes of at least 4 members (excludes halogenated alkanes) is 1. The summed E-state index contributed by atoms with van der Waals surface area (Å²) in [6.07, 6.45) is 4.19. The van der Waals surface area contributed by atoms with Crippen molar-refractivity contribution in [1.29, 1.82) is 0 Å². The molecule has 3 aromatic rings. The van der Waals surface area contributed by atoms with Gasteiger partial charge in [0, 0.05) is 18.8 Å². The fraction of sp³-hybridized carbons (Fsp3) is 0.294. The number of nitrogen functional groups attached to an aromatic ring is 1. The van der Waals surface area contributed by atoms with E-state index in [9.17, 15) is 17.2 Å². The minimum Gasteiger partial charge on any atom is -0.382 e. The van der Waals surface area contributed by atoms with Gasteiger partial charge in [0.1, 0.15) is 22.0 Å². The first-order valence-corrected chi connectivity index (χ1v) is 9.68. The van der Waals surface area contributed by atoms with Crippen LogP contribution in [0.5, 0.6) is 0 Å². The van der Waals surface area contributed by atoms with Crippen molar-refractivity contribution in [3.8, 4) is 0 Å². The number of fused-ring (bicyclic) bond motifs is 1. The summed E-state index contributed by atoms with van der Waals surface area (Å²) in [5, 5.41) is 0. The van der Waals surface area contributed by atoms with Gasteiger partial charge in [0.05, 0.1) is 17.6 Å². The van der Waals surface area contributed by atoms with Crippen LogP contribution in [0, 0.1) is 18.6 Å². The summed E-state index contributed by atoms with van der Waals surface area (Å²) in [6, 6.07) is 2.48. The van der Waals surface area contributed by atoms with Gasteiger partial charge >= 0.3 is 0 Å². The molecule has 6 nitrogen and oxygen atoms in total. The molecule has 138 valence electrons. The van der Waals surface area contributed by atoms with Crippen LogP contribution in [0.1, 0.15) is 18.4 Å². The lowest BCUT2D eigenvalue weighted by atomic mass is 10.2. The summed E-state index contributed by atoms with van der Waals surface area (Å²) >= 11 is 0. The second kappa shape index (κ2) is 6.99. The summed E-state index contributed by atoms with van der Waals surface area (Å²) in [5.41, 5.74) is 8.22. The van der Waals surface area contributed by atoms with Gasteiger partial charge in [-0.3, -0.25) is 0 Å². The summed E-state index contributed by atoms with van der Waals surface area (Å²) in [4.78, 5) is 7.83. The van der Waals surface area contributed by atoms with E-state index in [1.807, 2.05) is 11.5 Å². The van der Waals surface area contributed by atoms with Crippen molar-refractivity contribution in [1.82, 2.24) is 14.5 Å². The summed E-state index contributed by atoms with van der Waals surface area (Å²) in [7, 11) is -3.80. The fourth-order valence-electron chi connectivity index (χ4n) is 2.85. The van der Waals surface area contributed by atoms with Crippen molar-refractivity contribution >= 4 is 26.7 Å². The molecule has 2 heterocycles. The first-order chi connectivity index (χ1) is 12.3. The highest BCUT2D eigenvalue weighted by atomic mass is 32.2. The lowest BCUT2D eigenvalue weighted by Crippen LogP contribution is -2.10. The van der Waals surface area contributed by atoms with E-state index in [2.05, 4.69) is 9.97 Å². The molecule has 0 fully saturated rings. The fourth-order valence-corrected chi connectivity index (χ4v) is 4.29. The Morgan fingerprint density at radius 3 is 2.69 bits per heavy atom. The topological polar surface area (TPSA) is 90.9 Å². The Morgan fingerprint density at radius 2 is 1.96 bits per heavy atom. The van der Waals surface area contributed by atoms with Crippen LogP contribution in [0.25, 0.3) is 11.0 Å². The average Bonchev–Trinajstić information content (AvgIpc) is 3.00. The van der Waals surface area contributed by atoms with Gasteiger partial charge in [-0.2, -0.15) is 0 Å². The van der Waals surface area contributed by atoms with Crippen LogP contribution in [0.4, 0.5) is 14.6 Å². The van der Waals surface area contributed by atoms with Gasteiger partial charge in [-0.25, -0.2) is 27.2 Å². The number of rotatable bonds is 6. The van der Waals surface area contributed by atoms with Crippen LogP contribution in [-0.2, 0) is 16.4 Å². The van der Waals surface area contributed by atoms with Crippen LogP contribution < -0.4 is 5.73 Å². The number of nitrogens with zero attached hydrogens (tertiary/aromatic N) is 3. The Hall–Kier alpha value is -2.55. The number of sulfone groups is 1. The van der Waals surface area contributed by atoms with Gasteiger partial charge < -0.3 is 10.3 Å². The monoisotopic (exact) mass is 380 g/mol. The van der Waals surface area contributed by atoms with Crippen LogP contribution in [0.3, 0.4) is 0 Å². The number of halogens is 2. The van der Waals surface area contributed by atoms with Crippen molar-refractivity contribution in [3.63, 3.8) is 0 Å². The minimum atomic E-state index is -3.80. The van der Waals surface area contributed by atoms with E-state index < -0.39 is 26.4 Å². The van der Waals surface area contributed by atoms with E-state index in [1.54, 1.807) is 12.5 Å². The smallest absolute Gasteiger partial charge is 0.181 e. The van der Waals surface area contributed by atoms with Gasteiger partial charge in [-0.15, -0.1) is 0 Å². The van der Waals surface area contributed by atoms with Gasteiger partial charge in [0.2, 0.25) is 0 Å². The zero-order valence-corrected chi connectivity index (χ0v) is 14.9. The SMILES string of the molecule is Cc1cnc(N)c2ncn(CCCCS(=O)(=O)c3ccc(F)cc3F)c12. The third kappa shape index (κ3) is 3.52. The summed E-state index contributed by atoms with van der Waals surface area (Å²) in [6.45, 7) is 2.44. The number of imidazole rings is 1. The predicted molar refractivity (Wildman–Crippen MR) is 94.3 cm³/mol. The zero-order chi connectivity index (χ0) is 18.9. The molecular formula is C17H18F2N4O2S. The molecule has 26 heavy (non-hydrogen) atoms. The highest BCUT2D eigenvalue weighted by Crippen LogP contribution is 2.22. The molecule has 0 radical (unpaired) electrons. The molecule has 0 aliphatic heterocycles. The van der Waals surface area contributed by atoms with Gasteiger partial charge in [-0.05, 0) is 37.5 Å². The Bertz CT molecular complexity index is 1060. The summed E-state index contributed by atoms with van der Waals surface area (Å²) in [5.74, 6) is -1.74. The van der Waals surface area contributed by atoms with E-state index >= 15 is 0 Å². The van der Waals surface area contributed by atoms with Gasteiger partial charge in [0.15, 0.2) is 15.7 Å². The van der Waals surface area contributed by atoms with Crippen LogP contribution in [0.15, 0.2) is 35.6 Å². The molecule has 3 rings (SSSR count). The molecule has 2 N–H and O–H groups in total. The lowest BCUT2D eigenvalue weighted by Gasteiger charge is -2.08. The number of aromatic nitrogens is 3. The number of hydrogen-bond acceptors (Lipinski definition) is 5. The van der Waals surface area contributed by atoms with E-state index in [4.69, 9.17) is 5.73 Å². The van der Waals surface area contributed by atoms with Crippen molar-refractivity contribution < 1.29 is 17.2 Å². The molecule has 0 saturated carbocycles. The molecule has 0 saturated heterocycles. The average molecular weight is 380 g/mol. The maximum atomic E-state index is 13.7. The minimum absolute atomic E-state index is 0.217. The number of hydrogen-bond donors (Lipinski definition) is 1. The van der Waals surface area contributed by atoms with Crippen molar-refractivity contribution in [3.05, 3.63) is 47.9 Å². The van der Waals surface area contributed by atoms with E-state index in [1.165, 1.54) is 0 Å². The maximum absolute atomic E-state index is 13.7. The number of nitrogens with two attached hydrogens (primary N) is 1. The zero-order valence-electron chi connectivity index (χ0n) is 14.1. The van der Waals surface area contributed by atoms with Crippen molar-refractivity contribution in [2.75, 3.05) is 11.5 Å². The number of benzene rings is 1. The molecule has 1 aromatic carbocycles. The standard InChI is InChI=1S/C17H18F2N4O2S/c1-11-9-21-17(20)15-16(11)23(10-22-15)6-2-3-7-26(24,25)14-5-4-12(18)8-13(14)19/h4-5,8-10H,2-3,6-7H2,1H3,(H2,20,21). The number of aryl methyl sites for hydroxylation is 2. The molecule has 0 bridgehead atoms. The van der Waals surface area contributed by atoms with E-state index in [0.717, 1.165) is 23.2 Å². The molecule has 0 unspecified atom stereocenters. The van der Waals surface area contributed by atoms with Crippen LogP contribution >= 0.6 is 0 Å². The molecule has 9 heteroatoms. The third-order valence-electron chi connectivity index (χ3n) is 4.14. The van der Waals surface area contributed by atoms with E-state index in [0.29, 0.717) is 36.8 Å². The molecule has 2 aromatic heterocycles. The quantitative estimate of drug-likeness (QED) is 0.524. The summed E-state index contributed by atoms with van der Waals surface area (Å²) < 4.78 is 53.0. The Kier molecular flexibility index (Phi) is 4.90. The van der Waals surface area contributed by atoms with E-state index in [-0.39, 0.29) is 5.75 Å². The predicted octanol–water partition coefficient (Wildman–Crippen LogP) is 2.85. The second-order valence-electron chi connectivity index (χ2n) is 6.06. The van der Waals surface area contributed by atoms with Gasteiger partial charge in [-0.1, -0.05) is 0 Å². The first kappa shape index (κ1) is 18.2. The van der Waals surface area contributed by atoms with Crippen molar-refractivity contribution in [2.45, 2.75) is 31.2 Å². The molecular weight excluding hydrogens is 362 g/mol. The molecule has 0 atom stereocenters. The molecule has 0 aliphatic carbocycles. The van der Waals surface area contributed by atoms with Crippen LogP contribution in [0.2, 0.25) is 0 Å². The largest absolute Gasteiger partial charge is 0.382 e. The number of anilines is 1. The Morgan fingerprint density at radius 1 is 1.19 bits per heavy atom. The highest BCUT2D eigenvalue weighted by Gasteiger charge is 2.19. The highest BCUT2D eigenvalue weighted by molar-refractivity contribution is 7.91. The normalized spacial score (nSPS) is 12.0. The maximum Gasteiger partial charge on any atom is 0.181 e. The lowest BCUT2D eigenvalue weighted by molar-refractivity contribution is 0.546. The third-order valence-corrected chi connectivity index (χ3v) is 5.97. The molecule has 0 spiro atoms. The Labute approximate surface area is 149 Å². The van der Waals surface area contributed by atoms with Crippen LogP contribution in [-0.4, -0.2) is 28.7 Å². The number of pyridine rings is 1. The Balaban J connectivity index is 1.67.